The van der Waals surface area contributed by atoms with Crippen LogP contribution >= 0.6 is 0 Å². The molecule has 0 spiro atoms. The minimum absolute atomic E-state index is 0.218. The van der Waals surface area contributed by atoms with Gasteiger partial charge in [-0.1, -0.05) is 0 Å². The maximum atomic E-state index is 5.20. The molecule has 0 saturated carbocycles. The minimum atomic E-state index is 0.218. The Morgan fingerprint density at radius 1 is 1.22 bits per heavy atom. The van der Waals surface area contributed by atoms with Crippen LogP contribution in [0.3, 0.4) is 0 Å². The first-order valence-corrected chi connectivity index (χ1v) is 5.88. The highest BCUT2D eigenvalue weighted by atomic mass is 16.5. The zero-order valence-electron chi connectivity index (χ0n) is 10.6. The molecule has 0 saturated heterocycles. The molecule has 1 N–H and O–H groups in total. The summed E-state index contributed by atoms with van der Waals surface area (Å²) < 4.78 is 5.20. The van der Waals surface area contributed by atoms with E-state index in [-0.39, 0.29) is 6.04 Å². The van der Waals surface area contributed by atoms with Gasteiger partial charge in [0.25, 0.3) is 0 Å². The van der Waals surface area contributed by atoms with Crippen molar-refractivity contribution < 1.29 is 4.74 Å². The van der Waals surface area contributed by atoms with Gasteiger partial charge >= 0.3 is 0 Å². The summed E-state index contributed by atoms with van der Waals surface area (Å²) in [6.45, 7) is 0. The van der Waals surface area contributed by atoms with Crippen LogP contribution in [0.1, 0.15) is 17.2 Å². The van der Waals surface area contributed by atoms with E-state index in [1.807, 2.05) is 43.8 Å². The predicted octanol–water partition coefficient (Wildman–Crippen LogP) is 1.99. The Bertz CT molecular complexity index is 487. The second-order valence-corrected chi connectivity index (χ2v) is 4.06. The van der Waals surface area contributed by atoms with E-state index in [0.29, 0.717) is 0 Å². The minimum Gasteiger partial charge on any atom is -0.495 e. The first kappa shape index (κ1) is 12.5. The van der Waals surface area contributed by atoms with E-state index >= 15 is 0 Å². The largest absolute Gasteiger partial charge is 0.495 e. The van der Waals surface area contributed by atoms with E-state index in [4.69, 9.17) is 4.74 Å². The third-order valence-electron chi connectivity index (χ3n) is 2.91. The smallest absolute Gasteiger partial charge is 0.137 e. The fraction of sp³-hybridized carbons (Fsp3) is 0.286. The van der Waals surface area contributed by atoms with Gasteiger partial charge < -0.3 is 10.1 Å². The summed E-state index contributed by atoms with van der Waals surface area (Å²) in [6.07, 6.45) is 8.10. The molecule has 18 heavy (non-hydrogen) atoms. The molecule has 2 aromatic heterocycles. The van der Waals surface area contributed by atoms with Gasteiger partial charge in [0.2, 0.25) is 0 Å². The standard InChI is InChI=1S/C14H17N3O/c1-15-14(7-11-3-5-16-6-4-11)12-8-13(18-2)10-17-9-12/h3-6,8-10,14-15H,7H2,1-2H3. The number of nitrogens with zero attached hydrogens (tertiary/aromatic N) is 2. The summed E-state index contributed by atoms with van der Waals surface area (Å²) in [4.78, 5) is 8.21. The molecule has 0 bridgehead atoms. The Kier molecular flexibility index (Phi) is 4.25. The van der Waals surface area contributed by atoms with Crippen LogP contribution in [-0.2, 0) is 6.42 Å². The second-order valence-electron chi connectivity index (χ2n) is 4.06. The van der Waals surface area contributed by atoms with Gasteiger partial charge in [-0.05, 0) is 42.8 Å². The maximum Gasteiger partial charge on any atom is 0.137 e. The molecule has 4 heteroatoms. The molecular weight excluding hydrogens is 226 g/mol. The van der Waals surface area contributed by atoms with Crippen LogP contribution in [0.5, 0.6) is 5.75 Å². The lowest BCUT2D eigenvalue weighted by Gasteiger charge is -2.16. The monoisotopic (exact) mass is 243 g/mol. The summed E-state index contributed by atoms with van der Waals surface area (Å²) in [5, 5.41) is 3.30. The Labute approximate surface area is 107 Å². The van der Waals surface area contributed by atoms with E-state index < -0.39 is 0 Å². The highest BCUT2D eigenvalue weighted by Gasteiger charge is 2.11. The van der Waals surface area contributed by atoms with Crippen molar-refractivity contribution in [1.82, 2.24) is 15.3 Å². The van der Waals surface area contributed by atoms with Gasteiger partial charge in [0.1, 0.15) is 5.75 Å². The van der Waals surface area contributed by atoms with E-state index in [2.05, 4.69) is 15.3 Å². The van der Waals surface area contributed by atoms with E-state index in [0.717, 1.165) is 17.7 Å². The lowest BCUT2D eigenvalue weighted by atomic mass is 10.0. The number of hydrogen-bond donors (Lipinski definition) is 1. The third-order valence-corrected chi connectivity index (χ3v) is 2.91. The number of aromatic nitrogens is 2. The quantitative estimate of drug-likeness (QED) is 0.872. The lowest BCUT2D eigenvalue weighted by Crippen LogP contribution is -2.19. The summed E-state index contributed by atoms with van der Waals surface area (Å²) in [5.41, 5.74) is 2.36. The van der Waals surface area contributed by atoms with Gasteiger partial charge in [0, 0.05) is 24.6 Å². The SMILES string of the molecule is CNC(Cc1ccncc1)c1cncc(OC)c1. The van der Waals surface area contributed by atoms with Crippen LogP contribution in [0.25, 0.3) is 0 Å². The van der Waals surface area contributed by atoms with Crippen LogP contribution in [0.15, 0.2) is 43.0 Å². The Hall–Kier alpha value is -1.94. The van der Waals surface area contributed by atoms with Gasteiger partial charge in [-0.3, -0.25) is 9.97 Å². The topological polar surface area (TPSA) is 47.0 Å². The second kappa shape index (κ2) is 6.12. The molecule has 0 aliphatic carbocycles. The number of ether oxygens (including phenoxy) is 1. The summed E-state index contributed by atoms with van der Waals surface area (Å²) in [6, 6.07) is 6.28. The lowest BCUT2D eigenvalue weighted by molar-refractivity contribution is 0.411. The Morgan fingerprint density at radius 2 is 2.00 bits per heavy atom. The van der Waals surface area contributed by atoms with Crippen molar-refractivity contribution in [1.29, 1.82) is 0 Å². The average molecular weight is 243 g/mol. The molecular formula is C14H17N3O. The molecule has 0 aromatic carbocycles. The molecule has 94 valence electrons. The average Bonchev–Trinajstić information content (AvgIpc) is 2.46. The molecule has 0 fully saturated rings. The predicted molar refractivity (Wildman–Crippen MR) is 70.5 cm³/mol. The zero-order chi connectivity index (χ0) is 12.8. The van der Waals surface area contributed by atoms with Gasteiger partial charge in [0.15, 0.2) is 0 Å². The number of hydrogen-bond acceptors (Lipinski definition) is 4. The van der Waals surface area contributed by atoms with Gasteiger partial charge in [-0.25, -0.2) is 0 Å². The van der Waals surface area contributed by atoms with Crippen LogP contribution in [0, 0.1) is 0 Å². The number of pyridine rings is 2. The van der Waals surface area contributed by atoms with Crippen LogP contribution in [0.2, 0.25) is 0 Å². The van der Waals surface area contributed by atoms with E-state index in [1.165, 1.54) is 5.56 Å². The molecule has 2 aromatic rings. The van der Waals surface area contributed by atoms with E-state index in [9.17, 15) is 0 Å². The molecule has 2 rings (SSSR count). The van der Waals surface area contributed by atoms with Gasteiger partial charge in [0.05, 0.1) is 13.3 Å². The Balaban J connectivity index is 2.17. The van der Waals surface area contributed by atoms with Crippen LogP contribution in [0.4, 0.5) is 0 Å². The van der Waals surface area contributed by atoms with Gasteiger partial charge in [-0.15, -0.1) is 0 Å². The van der Waals surface area contributed by atoms with Crippen molar-refractivity contribution in [3.8, 4) is 5.75 Å². The number of rotatable bonds is 5. The highest BCUT2D eigenvalue weighted by Crippen LogP contribution is 2.20. The summed E-state index contributed by atoms with van der Waals surface area (Å²) >= 11 is 0. The van der Waals surface area contributed by atoms with E-state index in [1.54, 1.807) is 13.3 Å². The van der Waals surface area contributed by atoms with Crippen molar-refractivity contribution in [3.63, 3.8) is 0 Å². The first-order valence-electron chi connectivity index (χ1n) is 5.88. The number of likely N-dealkylation sites (N-methyl/N-ethyl adjacent to an activating group) is 1. The normalized spacial score (nSPS) is 12.1. The molecule has 0 aliphatic heterocycles. The van der Waals surface area contributed by atoms with Crippen molar-refractivity contribution in [2.45, 2.75) is 12.5 Å². The van der Waals surface area contributed by atoms with Crippen LogP contribution in [-0.4, -0.2) is 24.1 Å². The highest BCUT2D eigenvalue weighted by molar-refractivity contribution is 5.27. The molecule has 2 heterocycles. The third kappa shape index (κ3) is 3.05. The number of methoxy groups -OCH3 is 1. The van der Waals surface area contributed by atoms with Crippen LogP contribution < -0.4 is 10.1 Å². The summed E-state index contributed by atoms with van der Waals surface area (Å²) in [5.74, 6) is 0.780. The van der Waals surface area contributed by atoms with Crippen molar-refractivity contribution in [2.24, 2.45) is 0 Å². The van der Waals surface area contributed by atoms with Gasteiger partial charge in [-0.2, -0.15) is 0 Å². The molecule has 1 unspecified atom stereocenters. The molecule has 1 atom stereocenters. The molecule has 0 aliphatic rings. The number of nitrogens with one attached hydrogen (secondary N) is 1. The fourth-order valence-electron chi connectivity index (χ4n) is 1.88. The Morgan fingerprint density at radius 3 is 2.67 bits per heavy atom. The van der Waals surface area contributed by atoms with Crippen molar-refractivity contribution in [2.75, 3.05) is 14.2 Å². The first-order chi connectivity index (χ1) is 8.83. The summed E-state index contributed by atoms with van der Waals surface area (Å²) in [7, 11) is 3.60. The maximum absolute atomic E-state index is 5.20. The fourth-order valence-corrected chi connectivity index (χ4v) is 1.88. The van der Waals surface area contributed by atoms with Crippen molar-refractivity contribution >= 4 is 0 Å². The van der Waals surface area contributed by atoms with Crippen molar-refractivity contribution in [3.05, 3.63) is 54.1 Å². The molecule has 4 nitrogen and oxygen atoms in total. The zero-order valence-corrected chi connectivity index (χ0v) is 10.6. The molecule has 0 amide bonds. The molecule has 0 radical (unpaired) electrons.